The van der Waals surface area contributed by atoms with E-state index in [9.17, 15) is 4.79 Å². The van der Waals surface area contributed by atoms with Crippen molar-refractivity contribution in [2.45, 2.75) is 6.92 Å². The molecule has 0 aliphatic carbocycles. The number of carbonyl (C=O) groups is 1. The third kappa shape index (κ3) is 1.75. The predicted octanol–water partition coefficient (Wildman–Crippen LogP) is 3.84. The normalized spacial score (nSPS) is 9.75. The first-order valence-corrected chi connectivity index (χ1v) is 5.67. The number of hydrogen-bond acceptors (Lipinski definition) is 2. The van der Waals surface area contributed by atoms with Crippen LogP contribution >= 0.6 is 11.3 Å². The first kappa shape index (κ1) is 10.6. The Morgan fingerprint density at radius 1 is 1.31 bits per heavy atom. The third-order valence-electron chi connectivity index (χ3n) is 2.40. The van der Waals surface area contributed by atoms with Crippen LogP contribution in [0.15, 0.2) is 35.7 Å². The van der Waals surface area contributed by atoms with Gasteiger partial charge in [0.05, 0.1) is 6.57 Å². The molecule has 1 aromatic carbocycles. The van der Waals surface area contributed by atoms with Crippen molar-refractivity contribution in [3.63, 3.8) is 0 Å². The van der Waals surface area contributed by atoms with E-state index in [2.05, 4.69) is 4.85 Å². The molecule has 16 heavy (non-hydrogen) atoms. The van der Waals surface area contributed by atoms with Crippen LogP contribution < -0.4 is 0 Å². The number of nitrogens with zero attached hydrogens (tertiary/aromatic N) is 1. The predicted molar refractivity (Wildman–Crippen MR) is 65.2 cm³/mol. The summed E-state index contributed by atoms with van der Waals surface area (Å²) in [7, 11) is 0. The molecule has 0 saturated carbocycles. The second-order valence-corrected chi connectivity index (χ2v) is 4.24. The van der Waals surface area contributed by atoms with Crippen molar-refractivity contribution in [2.24, 2.45) is 0 Å². The standard InChI is InChI=1S/C13H9NOS/c1-9-11(8-16-13(9)14-2)12(15)10-6-4-3-5-7-10/h3-8H,1H3. The Labute approximate surface area is 98.0 Å². The maximum atomic E-state index is 12.1. The number of rotatable bonds is 2. The van der Waals surface area contributed by atoms with Gasteiger partial charge in [0, 0.05) is 11.1 Å². The van der Waals surface area contributed by atoms with Gasteiger partial charge in [0.15, 0.2) is 5.78 Å². The second kappa shape index (κ2) is 4.30. The topological polar surface area (TPSA) is 21.4 Å². The van der Waals surface area contributed by atoms with Crippen molar-refractivity contribution in [3.05, 3.63) is 63.8 Å². The number of hydrogen-bond donors (Lipinski definition) is 0. The summed E-state index contributed by atoms with van der Waals surface area (Å²) in [6.07, 6.45) is 0. The lowest BCUT2D eigenvalue weighted by Gasteiger charge is -1.99. The summed E-state index contributed by atoms with van der Waals surface area (Å²) >= 11 is 1.32. The molecule has 0 amide bonds. The Hall–Kier alpha value is -1.92. The summed E-state index contributed by atoms with van der Waals surface area (Å²) in [5.74, 6) is -0.00995. The molecule has 0 spiro atoms. The third-order valence-corrected chi connectivity index (χ3v) is 3.37. The van der Waals surface area contributed by atoms with Gasteiger partial charge in [0.1, 0.15) is 0 Å². The Kier molecular flexibility index (Phi) is 2.84. The van der Waals surface area contributed by atoms with Crippen molar-refractivity contribution < 1.29 is 4.79 Å². The largest absolute Gasteiger partial charge is 0.289 e. The fraction of sp³-hybridized carbons (Fsp3) is 0.0769. The lowest BCUT2D eigenvalue weighted by molar-refractivity contribution is 0.103. The van der Waals surface area contributed by atoms with Crippen LogP contribution in [0.1, 0.15) is 21.5 Å². The van der Waals surface area contributed by atoms with Crippen LogP contribution in [-0.2, 0) is 0 Å². The molecule has 1 aromatic heterocycles. The molecule has 0 atom stereocenters. The van der Waals surface area contributed by atoms with Gasteiger partial charge in [-0.3, -0.25) is 4.79 Å². The molecular formula is C13H9NOS. The van der Waals surface area contributed by atoms with Crippen molar-refractivity contribution in [1.29, 1.82) is 0 Å². The average molecular weight is 227 g/mol. The van der Waals surface area contributed by atoms with Gasteiger partial charge < -0.3 is 0 Å². The van der Waals surface area contributed by atoms with Crippen LogP contribution in [0.2, 0.25) is 0 Å². The number of ketones is 1. The molecule has 0 radical (unpaired) electrons. The van der Waals surface area contributed by atoms with Gasteiger partial charge in [-0.25, -0.2) is 4.85 Å². The van der Waals surface area contributed by atoms with Gasteiger partial charge in [0.2, 0.25) is 5.00 Å². The maximum Gasteiger partial charge on any atom is 0.244 e. The number of carbonyl (C=O) groups excluding carboxylic acids is 1. The molecule has 0 unspecified atom stereocenters. The highest BCUT2D eigenvalue weighted by atomic mass is 32.1. The quantitative estimate of drug-likeness (QED) is 0.564. The van der Waals surface area contributed by atoms with Gasteiger partial charge >= 0.3 is 0 Å². The minimum absolute atomic E-state index is 0.00995. The van der Waals surface area contributed by atoms with Crippen LogP contribution in [-0.4, -0.2) is 5.78 Å². The van der Waals surface area contributed by atoms with Crippen LogP contribution in [0.25, 0.3) is 4.85 Å². The molecular weight excluding hydrogens is 218 g/mol. The maximum absolute atomic E-state index is 12.1. The highest BCUT2D eigenvalue weighted by Crippen LogP contribution is 2.31. The monoisotopic (exact) mass is 227 g/mol. The molecule has 0 fully saturated rings. The highest BCUT2D eigenvalue weighted by molar-refractivity contribution is 7.14. The molecule has 0 aliphatic heterocycles. The minimum atomic E-state index is -0.00995. The first-order chi connectivity index (χ1) is 7.74. The van der Waals surface area contributed by atoms with Crippen molar-refractivity contribution in [1.82, 2.24) is 0 Å². The Bertz CT molecular complexity index is 563. The van der Waals surface area contributed by atoms with E-state index in [1.54, 1.807) is 17.5 Å². The zero-order chi connectivity index (χ0) is 11.5. The summed E-state index contributed by atoms with van der Waals surface area (Å²) in [5.41, 5.74) is 2.09. The summed E-state index contributed by atoms with van der Waals surface area (Å²) in [5, 5.41) is 2.36. The molecule has 0 bridgehead atoms. The average Bonchev–Trinajstić information content (AvgIpc) is 2.70. The van der Waals surface area contributed by atoms with E-state index in [1.165, 1.54) is 11.3 Å². The molecule has 2 aromatic rings. The lowest BCUT2D eigenvalue weighted by Crippen LogP contribution is -2.00. The Morgan fingerprint density at radius 3 is 2.56 bits per heavy atom. The van der Waals surface area contributed by atoms with E-state index in [1.807, 2.05) is 25.1 Å². The zero-order valence-electron chi connectivity index (χ0n) is 8.73. The van der Waals surface area contributed by atoms with Crippen molar-refractivity contribution >= 4 is 22.1 Å². The molecule has 0 N–H and O–H groups in total. The van der Waals surface area contributed by atoms with Crippen LogP contribution in [0, 0.1) is 13.5 Å². The first-order valence-electron chi connectivity index (χ1n) is 4.79. The number of benzene rings is 1. The van der Waals surface area contributed by atoms with Gasteiger partial charge in [-0.15, -0.1) is 0 Å². The van der Waals surface area contributed by atoms with E-state index < -0.39 is 0 Å². The van der Waals surface area contributed by atoms with Gasteiger partial charge in [0.25, 0.3) is 0 Å². The second-order valence-electron chi connectivity index (χ2n) is 3.39. The Morgan fingerprint density at radius 2 is 2.00 bits per heavy atom. The molecule has 78 valence electrons. The zero-order valence-corrected chi connectivity index (χ0v) is 9.54. The fourth-order valence-electron chi connectivity index (χ4n) is 1.49. The molecule has 0 aliphatic rings. The van der Waals surface area contributed by atoms with Crippen molar-refractivity contribution in [3.8, 4) is 0 Å². The fourth-order valence-corrected chi connectivity index (χ4v) is 2.34. The summed E-state index contributed by atoms with van der Waals surface area (Å²) in [6.45, 7) is 8.79. The van der Waals surface area contributed by atoms with E-state index in [-0.39, 0.29) is 5.78 Å². The molecule has 2 nitrogen and oxygen atoms in total. The summed E-state index contributed by atoms with van der Waals surface area (Å²) in [4.78, 5) is 15.5. The van der Waals surface area contributed by atoms with Gasteiger partial charge in [-0.05, 0) is 17.9 Å². The van der Waals surface area contributed by atoms with Crippen LogP contribution in [0.4, 0.5) is 5.00 Å². The van der Waals surface area contributed by atoms with Gasteiger partial charge in [-0.2, -0.15) is 11.3 Å². The molecule has 0 saturated heterocycles. The summed E-state index contributed by atoms with van der Waals surface area (Å²) < 4.78 is 0. The summed E-state index contributed by atoms with van der Waals surface area (Å²) in [6, 6.07) is 9.13. The van der Waals surface area contributed by atoms with E-state index in [4.69, 9.17) is 6.57 Å². The van der Waals surface area contributed by atoms with Crippen LogP contribution in [0.3, 0.4) is 0 Å². The number of thiophene rings is 1. The van der Waals surface area contributed by atoms with Gasteiger partial charge in [-0.1, -0.05) is 30.3 Å². The highest BCUT2D eigenvalue weighted by Gasteiger charge is 2.15. The van der Waals surface area contributed by atoms with Crippen LogP contribution in [0.5, 0.6) is 0 Å². The van der Waals surface area contributed by atoms with Crippen molar-refractivity contribution in [2.75, 3.05) is 0 Å². The Balaban J connectivity index is 2.43. The minimum Gasteiger partial charge on any atom is -0.289 e. The van der Waals surface area contributed by atoms with E-state index in [0.29, 0.717) is 16.1 Å². The smallest absolute Gasteiger partial charge is 0.244 e. The van der Waals surface area contributed by atoms with E-state index >= 15 is 0 Å². The van der Waals surface area contributed by atoms with E-state index in [0.717, 1.165) is 5.56 Å². The molecule has 2 rings (SSSR count). The SMILES string of the molecule is [C-]#[N+]c1scc(C(=O)c2ccccc2)c1C. The lowest BCUT2D eigenvalue weighted by atomic mass is 10.0. The molecule has 1 heterocycles. The molecule has 3 heteroatoms.